The predicted octanol–water partition coefficient (Wildman–Crippen LogP) is 8.01. The van der Waals surface area contributed by atoms with Gasteiger partial charge in [0.25, 0.3) is 11.8 Å². The van der Waals surface area contributed by atoms with E-state index in [1.165, 1.54) is 18.9 Å². The van der Waals surface area contributed by atoms with Gasteiger partial charge in [0.1, 0.15) is 0 Å². The number of unbranched alkanes of at least 4 members (excludes halogenated alkanes) is 1. The Labute approximate surface area is 272 Å². The van der Waals surface area contributed by atoms with Crippen molar-refractivity contribution >= 4 is 46.7 Å². The number of hydrogen-bond donors (Lipinski definition) is 1. The Morgan fingerprint density at radius 1 is 0.711 bits per heavy atom. The number of nitrogens with zero attached hydrogens (tertiary/aromatic N) is 1. The highest BCUT2D eigenvalue weighted by Gasteiger charge is 2.53. The molecule has 4 amide bonds. The molecule has 2 atom stereocenters. The van der Waals surface area contributed by atoms with E-state index in [1.807, 2.05) is 101 Å². The maximum atomic E-state index is 13.8. The van der Waals surface area contributed by atoms with Crippen molar-refractivity contribution in [2.45, 2.75) is 65.7 Å². The molecule has 2 fully saturated rings. The Morgan fingerprint density at radius 2 is 1.29 bits per heavy atom. The minimum absolute atomic E-state index is 0.174. The van der Waals surface area contributed by atoms with Crippen LogP contribution < -0.4 is 10.2 Å². The molecule has 3 aromatic carbocycles. The van der Waals surface area contributed by atoms with Gasteiger partial charge < -0.3 is 0 Å². The van der Waals surface area contributed by atoms with Gasteiger partial charge in [-0.05, 0) is 59.2 Å². The van der Waals surface area contributed by atoms with Crippen LogP contribution in [0.1, 0.15) is 71.1 Å². The van der Waals surface area contributed by atoms with Crippen LogP contribution in [0.3, 0.4) is 0 Å². The van der Waals surface area contributed by atoms with Gasteiger partial charge >= 0.3 is 0 Å². The number of amides is 4. The first-order chi connectivity index (χ1) is 21.9. The van der Waals surface area contributed by atoms with Crippen molar-refractivity contribution in [3.05, 3.63) is 113 Å². The smallest absolute Gasteiger partial charge is 0.266 e. The first kappa shape index (κ1) is 35.3. The van der Waals surface area contributed by atoms with E-state index < -0.39 is 35.5 Å². The van der Waals surface area contributed by atoms with Crippen molar-refractivity contribution < 1.29 is 19.2 Å². The number of benzene rings is 3. The number of thioether (sulfide) groups is 1. The first-order valence-corrected chi connectivity index (χ1v) is 17.1. The average Bonchev–Trinajstić information content (AvgIpc) is 3.52. The summed E-state index contributed by atoms with van der Waals surface area (Å²) in [5.41, 5.74) is 4.12. The SMILES string of the molecule is CC.CC.CCCC.CSc1ccc(C2=C3C(=O)N(c4ccc(Cc5ccccc5)cc4)C(=O)C3=CC3C(=O)NC(=O)C23)cc1. The van der Waals surface area contributed by atoms with E-state index in [1.54, 1.807) is 23.9 Å². The molecular formula is C38H44N2O4S. The summed E-state index contributed by atoms with van der Waals surface area (Å²) in [4.78, 5) is 55.0. The van der Waals surface area contributed by atoms with Gasteiger partial charge in [0.15, 0.2) is 0 Å². The fourth-order valence-corrected chi connectivity index (χ4v) is 5.71. The van der Waals surface area contributed by atoms with E-state index in [-0.39, 0.29) is 11.1 Å². The van der Waals surface area contributed by atoms with Crippen molar-refractivity contribution in [2.24, 2.45) is 11.8 Å². The number of imide groups is 2. The summed E-state index contributed by atoms with van der Waals surface area (Å²) >= 11 is 1.57. The van der Waals surface area contributed by atoms with Crippen molar-refractivity contribution in [3.8, 4) is 0 Å². The lowest BCUT2D eigenvalue weighted by atomic mass is 9.75. The lowest BCUT2D eigenvalue weighted by molar-refractivity contribution is -0.125. The van der Waals surface area contributed by atoms with E-state index in [0.717, 1.165) is 27.3 Å². The lowest BCUT2D eigenvalue weighted by Crippen LogP contribution is -2.29. The fourth-order valence-electron chi connectivity index (χ4n) is 5.30. The second-order valence-electron chi connectivity index (χ2n) is 10.2. The highest BCUT2D eigenvalue weighted by molar-refractivity contribution is 7.98. The molecule has 0 spiro atoms. The van der Waals surface area contributed by atoms with Crippen molar-refractivity contribution in [1.29, 1.82) is 0 Å². The number of carbonyl (C=O) groups is 4. The van der Waals surface area contributed by atoms with Gasteiger partial charge in [0, 0.05) is 4.90 Å². The van der Waals surface area contributed by atoms with Gasteiger partial charge in [-0.15, -0.1) is 11.8 Å². The number of fused-ring (bicyclic) bond motifs is 2. The zero-order valence-corrected chi connectivity index (χ0v) is 28.2. The van der Waals surface area contributed by atoms with Crippen LogP contribution in [0.15, 0.2) is 101 Å². The van der Waals surface area contributed by atoms with Gasteiger partial charge in [-0.3, -0.25) is 24.5 Å². The van der Waals surface area contributed by atoms with Crippen molar-refractivity contribution in [2.75, 3.05) is 11.2 Å². The number of rotatable bonds is 6. The molecule has 0 aromatic heterocycles. The third-order valence-corrected chi connectivity index (χ3v) is 8.33. The summed E-state index contributed by atoms with van der Waals surface area (Å²) in [5.74, 6) is -3.56. The topological polar surface area (TPSA) is 83.6 Å². The van der Waals surface area contributed by atoms with Crippen LogP contribution >= 0.6 is 11.8 Å². The molecule has 2 aliphatic heterocycles. The summed E-state index contributed by atoms with van der Waals surface area (Å²) < 4.78 is 0. The van der Waals surface area contributed by atoms with Crippen LogP contribution in [0.25, 0.3) is 5.57 Å². The van der Waals surface area contributed by atoms with Crippen LogP contribution in [0.5, 0.6) is 0 Å². The summed E-state index contributed by atoms with van der Waals surface area (Å²) in [6.07, 6.45) is 6.82. The van der Waals surface area contributed by atoms with Crippen molar-refractivity contribution in [1.82, 2.24) is 5.32 Å². The molecule has 6 nitrogen and oxygen atoms in total. The normalized spacial score (nSPS) is 17.9. The zero-order chi connectivity index (χ0) is 33.1. The van der Waals surface area contributed by atoms with Gasteiger partial charge in [0.2, 0.25) is 11.8 Å². The maximum absolute atomic E-state index is 13.8. The Hall–Kier alpha value is -4.23. The van der Waals surface area contributed by atoms with E-state index >= 15 is 0 Å². The van der Waals surface area contributed by atoms with Gasteiger partial charge in [-0.2, -0.15) is 0 Å². The Bertz CT molecular complexity index is 1560. The van der Waals surface area contributed by atoms with Crippen LogP contribution in [-0.2, 0) is 25.6 Å². The second-order valence-corrected chi connectivity index (χ2v) is 11.1. The molecule has 3 aromatic rings. The quantitative estimate of drug-likeness (QED) is 0.222. The standard InChI is InChI=1S/C30H22N2O4S.C4H10.2C2H6/c1-37-21-13-9-19(10-14-21)24-25-22(27(33)31-28(25)34)16-23-26(24)30(36)32(29(23)35)20-11-7-18(8-12-20)15-17-5-3-2-4-6-17;1-3-4-2;2*1-2/h2-14,16,22,25H,15H2,1H3,(H,31,33,34);3-4H2,1-2H3;2*1-2H3. The van der Waals surface area contributed by atoms with E-state index in [0.29, 0.717) is 16.8 Å². The Morgan fingerprint density at radius 3 is 1.84 bits per heavy atom. The Kier molecular flexibility index (Phi) is 13.1. The molecular weight excluding hydrogens is 580 g/mol. The molecule has 1 N–H and O–H groups in total. The molecule has 6 rings (SSSR count). The molecule has 2 saturated heterocycles. The monoisotopic (exact) mass is 624 g/mol. The van der Waals surface area contributed by atoms with Crippen LogP contribution in [0, 0.1) is 11.8 Å². The minimum Gasteiger partial charge on any atom is -0.295 e. The highest BCUT2D eigenvalue weighted by atomic mass is 32.2. The number of anilines is 1. The molecule has 0 bridgehead atoms. The molecule has 3 aliphatic rings. The summed E-state index contributed by atoms with van der Waals surface area (Å²) in [7, 11) is 0. The van der Waals surface area contributed by atoms with Crippen LogP contribution in [-0.4, -0.2) is 29.9 Å². The average molecular weight is 625 g/mol. The molecule has 45 heavy (non-hydrogen) atoms. The Balaban J connectivity index is 0.000000631. The van der Waals surface area contributed by atoms with Gasteiger partial charge in [-0.1, -0.05) is 115 Å². The third kappa shape index (κ3) is 7.54. The second kappa shape index (κ2) is 16.7. The fraction of sp³-hybridized carbons (Fsp3) is 0.316. The molecule has 236 valence electrons. The number of carbonyl (C=O) groups excluding carboxylic acids is 4. The molecule has 7 heteroatoms. The number of nitrogens with one attached hydrogen (secondary N) is 1. The third-order valence-electron chi connectivity index (χ3n) is 7.58. The van der Waals surface area contributed by atoms with Crippen LogP contribution in [0.2, 0.25) is 0 Å². The molecule has 0 saturated carbocycles. The minimum atomic E-state index is -0.851. The van der Waals surface area contributed by atoms with Crippen molar-refractivity contribution in [3.63, 3.8) is 0 Å². The highest BCUT2D eigenvalue weighted by Crippen LogP contribution is 2.47. The van der Waals surface area contributed by atoms with Gasteiger partial charge in [0.05, 0.1) is 28.7 Å². The number of hydrogen-bond acceptors (Lipinski definition) is 5. The maximum Gasteiger partial charge on any atom is 0.266 e. The lowest BCUT2D eigenvalue weighted by Gasteiger charge is -2.23. The van der Waals surface area contributed by atoms with Crippen LogP contribution in [0.4, 0.5) is 5.69 Å². The van der Waals surface area contributed by atoms with E-state index in [4.69, 9.17) is 0 Å². The zero-order valence-electron chi connectivity index (χ0n) is 27.3. The largest absolute Gasteiger partial charge is 0.295 e. The molecule has 2 unspecified atom stereocenters. The van der Waals surface area contributed by atoms with E-state index in [9.17, 15) is 19.2 Å². The molecule has 2 heterocycles. The molecule has 0 radical (unpaired) electrons. The summed E-state index contributed by atoms with van der Waals surface area (Å²) in [6.45, 7) is 12.4. The first-order valence-electron chi connectivity index (χ1n) is 15.8. The molecule has 1 aliphatic carbocycles. The van der Waals surface area contributed by atoms with E-state index in [2.05, 4.69) is 19.2 Å². The van der Waals surface area contributed by atoms with Gasteiger partial charge in [-0.25, -0.2) is 4.90 Å². The predicted molar refractivity (Wildman–Crippen MR) is 185 cm³/mol. The summed E-state index contributed by atoms with van der Waals surface area (Å²) in [6, 6.07) is 24.8. The summed E-state index contributed by atoms with van der Waals surface area (Å²) in [5, 5.41) is 2.37.